The van der Waals surface area contributed by atoms with Crippen LogP contribution in [0.1, 0.15) is 18.9 Å². The molecule has 1 unspecified atom stereocenters. The lowest BCUT2D eigenvalue weighted by atomic mass is 10.1. The van der Waals surface area contributed by atoms with E-state index in [1.807, 2.05) is 0 Å². The molecule has 0 aromatic carbocycles. The largest absolute Gasteiger partial charge is 0.327 e. The molecule has 1 aromatic heterocycles. The van der Waals surface area contributed by atoms with Crippen molar-refractivity contribution in [2.24, 2.45) is 5.73 Å². The Labute approximate surface area is 88.1 Å². The molecule has 1 heterocycles. The minimum atomic E-state index is 0.162. The van der Waals surface area contributed by atoms with Gasteiger partial charge in [0.25, 0.3) is 0 Å². The molecule has 0 fully saturated rings. The average Bonchev–Trinajstić information content (AvgIpc) is 2.02. The van der Waals surface area contributed by atoms with Gasteiger partial charge in [-0.1, -0.05) is 30.1 Å². The molecule has 0 spiro atoms. The highest BCUT2D eigenvalue weighted by Gasteiger charge is 2.04. The second-order valence-electron chi connectivity index (χ2n) is 2.99. The SMILES string of the molecule is CCC(N)Cc1cc(Cl)nc(Cl)c1. The first kappa shape index (κ1) is 10.8. The Kier molecular flexibility index (Phi) is 3.97. The van der Waals surface area contributed by atoms with Crippen LogP contribution in [0.4, 0.5) is 0 Å². The van der Waals surface area contributed by atoms with E-state index in [0.29, 0.717) is 10.3 Å². The first-order valence-corrected chi connectivity index (χ1v) is 4.95. The molecule has 1 atom stereocenters. The third kappa shape index (κ3) is 3.51. The zero-order chi connectivity index (χ0) is 9.84. The number of nitrogens with two attached hydrogens (primary N) is 1. The fourth-order valence-corrected chi connectivity index (χ4v) is 1.58. The molecule has 13 heavy (non-hydrogen) atoms. The van der Waals surface area contributed by atoms with Crippen molar-refractivity contribution in [3.63, 3.8) is 0 Å². The van der Waals surface area contributed by atoms with Crippen LogP contribution in [0.25, 0.3) is 0 Å². The number of hydrogen-bond donors (Lipinski definition) is 1. The molecule has 0 saturated heterocycles. The summed E-state index contributed by atoms with van der Waals surface area (Å²) in [6, 6.07) is 3.75. The van der Waals surface area contributed by atoms with E-state index in [1.54, 1.807) is 12.1 Å². The normalized spacial score (nSPS) is 12.9. The summed E-state index contributed by atoms with van der Waals surface area (Å²) in [5.41, 5.74) is 6.84. The standard InChI is InChI=1S/C9H12Cl2N2/c1-2-7(12)3-6-4-8(10)13-9(11)5-6/h4-5,7H,2-3,12H2,1H3. The van der Waals surface area contributed by atoms with Crippen LogP contribution in [0, 0.1) is 0 Å². The Balaban J connectivity index is 2.77. The van der Waals surface area contributed by atoms with Crippen molar-refractivity contribution in [3.8, 4) is 0 Å². The van der Waals surface area contributed by atoms with E-state index >= 15 is 0 Å². The number of aromatic nitrogens is 1. The van der Waals surface area contributed by atoms with Crippen LogP contribution in [0.5, 0.6) is 0 Å². The molecule has 2 N–H and O–H groups in total. The quantitative estimate of drug-likeness (QED) is 0.793. The third-order valence-corrected chi connectivity index (χ3v) is 2.23. The lowest BCUT2D eigenvalue weighted by Crippen LogP contribution is -2.21. The predicted octanol–water partition coefficient (Wildman–Crippen LogP) is 2.67. The maximum Gasteiger partial charge on any atom is 0.131 e. The fraction of sp³-hybridized carbons (Fsp3) is 0.444. The molecule has 0 saturated carbocycles. The van der Waals surface area contributed by atoms with Crippen LogP contribution >= 0.6 is 23.2 Å². The maximum atomic E-state index is 5.80. The monoisotopic (exact) mass is 218 g/mol. The molecule has 0 radical (unpaired) electrons. The van der Waals surface area contributed by atoms with Gasteiger partial charge in [-0.15, -0.1) is 0 Å². The van der Waals surface area contributed by atoms with Crippen molar-refractivity contribution in [2.75, 3.05) is 0 Å². The van der Waals surface area contributed by atoms with Gasteiger partial charge in [0.15, 0.2) is 0 Å². The molecule has 2 nitrogen and oxygen atoms in total. The summed E-state index contributed by atoms with van der Waals surface area (Å²) in [4.78, 5) is 3.86. The summed E-state index contributed by atoms with van der Waals surface area (Å²) in [6.07, 6.45) is 1.73. The Bertz CT molecular complexity index is 269. The first-order chi connectivity index (χ1) is 6.11. The molecular weight excluding hydrogens is 207 g/mol. The topological polar surface area (TPSA) is 38.9 Å². The van der Waals surface area contributed by atoms with Gasteiger partial charge in [0.05, 0.1) is 0 Å². The molecule has 0 aliphatic carbocycles. The smallest absolute Gasteiger partial charge is 0.131 e. The highest BCUT2D eigenvalue weighted by molar-refractivity contribution is 6.32. The van der Waals surface area contributed by atoms with E-state index in [0.717, 1.165) is 18.4 Å². The van der Waals surface area contributed by atoms with Gasteiger partial charge in [-0.25, -0.2) is 4.98 Å². The van der Waals surface area contributed by atoms with Gasteiger partial charge in [-0.2, -0.15) is 0 Å². The van der Waals surface area contributed by atoms with Gasteiger partial charge in [0.2, 0.25) is 0 Å². The summed E-state index contributed by atoms with van der Waals surface area (Å²) in [5, 5.41) is 0.844. The minimum absolute atomic E-state index is 0.162. The van der Waals surface area contributed by atoms with Crippen molar-refractivity contribution in [2.45, 2.75) is 25.8 Å². The Hall–Kier alpha value is -0.310. The Morgan fingerprint density at radius 3 is 2.38 bits per heavy atom. The van der Waals surface area contributed by atoms with Crippen molar-refractivity contribution in [3.05, 3.63) is 28.0 Å². The van der Waals surface area contributed by atoms with Crippen LogP contribution in [0.15, 0.2) is 12.1 Å². The molecule has 0 amide bonds. The number of hydrogen-bond acceptors (Lipinski definition) is 2. The van der Waals surface area contributed by atoms with Crippen LogP contribution in [0.2, 0.25) is 10.3 Å². The van der Waals surface area contributed by atoms with E-state index in [4.69, 9.17) is 28.9 Å². The van der Waals surface area contributed by atoms with Crippen molar-refractivity contribution < 1.29 is 0 Å². The molecule has 0 aliphatic rings. The molecule has 72 valence electrons. The summed E-state index contributed by atoms with van der Waals surface area (Å²) in [7, 11) is 0. The van der Waals surface area contributed by atoms with E-state index in [1.165, 1.54) is 0 Å². The van der Waals surface area contributed by atoms with Gasteiger partial charge >= 0.3 is 0 Å². The Morgan fingerprint density at radius 1 is 1.38 bits per heavy atom. The van der Waals surface area contributed by atoms with Gasteiger partial charge in [-0.05, 0) is 30.5 Å². The predicted molar refractivity (Wildman–Crippen MR) is 56.2 cm³/mol. The van der Waals surface area contributed by atoms with Gasteiger partial charge < -0.3 is 5.73 Å². The molecule has 1 aromatic rings. The van der Waals surface area contributed by atoms with E-state index in [2.05, 4.69) is 11.9 Å². The highest BCUT2D eigenvalue weighted by Crippen LogP contribution is 2.15. The average molecular weight is 219 g/mol. The fourth-order valence-electron chi connectivity index (χ4n) is 1.08. The second-order valence-corrected chi connectivity index (χ2v) is 3.77. The lowest BCUT2D eigenvalue weighted by Gasteiger charge is -2.08. The maximum absolute atomic E-state index is 5.80. The molecule has 0 bridgehead atoms. The van der Waals surface area contributed by atoms with Crippen molar-refractivity contribution in [1.29, 1.82) is 0 Å². The molecule has 1 rings (SSSR count). The van der Waals surface area contributed by atoms with E-state index in [-0.39, 0.29) is 6.04 Å². The molecule has 0 aliphatic heterocycles. The third-order valence-electron chi connectivity index (χ3n) is 1.84. The number of nitrogens with zero attached hydrogens (tertiary/aromatic N) is 1. The van der Waals surface area contributed by atoms with Gasteiger partial charge in [-0.3, -0.25) is 0 Å². The van der Waals surface area contributed by atoms with Gasteiger partial charge in [0, 0.05) is 6.04 Å². The van der Waals surface area contributed by atoms with Crippen molar-refractivity contribution >= 4 is 23.2 Å². The zero-order valence-electron chi connectivity index (χ0n) is 7.43. The summed E-state index contributed by atoms with van der Waals surface area (Å²) in [5.74, 6) is 0. The number of pyridine rings is 1. The summed E-state index contributed by atoms with van der Waals surface area (Å²) < 4.78 is 0. The van der Waals surface area contributed by atoms with Crippen LogP contribution in [-0.2, 0) is 6.42 Å². The number of halogens is 2. The van der Waals surface area contributed by atoms with E-state index < -0.39 is 0 Å². The minimum Gasteiger partial charge on any atom is -0.327 e. The lowest BCUT2D eigenvalue weighted by molar-refractivity contribution is 0.646. The first-order valence-electron chi connectivity index (χ1n) is 4.19. The zero-order valence-corrected chi connectivity index (χ0v) is 8.94. The van der Waals surface area contributed by atoms with Crippen molar-refractivity contribution in [1.82, 2.24) is 4.98 Å². The van der Waals surface area contributed by atoms with Crippen LogP contribution in [0.3, 0.4) is 0 Å². The summed E-state index contributed by atoms with van der Waals surface area (Å²) >= 11 is 11.5. The van der Waals surface area contributed by atoms with E-state index in [9.17, 15) is 0 Å². The summed E-state index contributed by atoms with van der Waals surface area (Å²) in [6.45, 7) is 2.05. The number of rotatable bonds is 3. The van der Waals surface area contributed by atoms with Crippen LogP contribution in [-0.4, -0.2) is 11.0 Å². The molecular formula is C9H12Cl2N2. The molecule has 4 heteroatoms. The highest BCUT2D eigenvalue weighted by atomic mass is 35.5. The van der Waals surface area contributed by atoms with Gasteiger partial charge in [0.1, 0.15) is 10.3 Å². The second kappa shape index (κ2) is 4.80. The van der Waals surface area contributed by atoms with Crippen LogP contribution < -0.4 is 5.73 Å². The Morgan fingerprint density at radius 2 is 1.92 bits per heavy atom.